The molecule has 0 aliphatic heterocycles. The first-order valence-electron chi connectivity index (χ1n) is 5.57. The van der Waals surface area contributed by atoms with Gasteiger partial charge >= 0.3 is 35.0 Å². The van der Waals surface area contributed by atoms with E-state index < -0.39 is 41.5 Å². The Hall–Kier alpha value is -3.21. The summed E-state index contributed by atoms with van der Waals surface area (Å²) >= 11 is 0. The second-order valence-electron chi connectivity index (χ2n) is 3.74. The van der Waals surface area contributed by atoms with Crippen LogP contribution in [0.15, 0.2) is 39.7 Å². The summed E-state index contributed by atoms with van der Waals surface area (Å²) in [6, 6.07) is 0. The maximum Gasteiger partial charge on any atom is 0.393 e. The van der Waals surface area contributed by atoms with E-state index in [0.717, 1.165) is 0 Å². The van der Waals surface area contributed by atoms with Crippen LogP contribution in [0.4, 0.5) is 0 Å². The van der Waals surface area contributed by atoms with Crippen molar-refractivity contribution in [2.24, 2.45) is 0 Å². The lowest BCUT2D eigenvalue weighted by molar-refractivity contribution is -0.327. The third kappa shape index (κ3) is 4.14. The zero-order valence-corrected chi connectivity index (χ0v) is 11.0. The van der Waals surface area contributed by atoms with Crippen molar-refractivity contribution >= 4 is 11.9 Å². The minimum atomic E-state index is -2.99. The molecule has 11 nitrogen and oxygen atoms in total. The van der Waals surface area contributed by atoms with Gasteiger partial charge in [-0.2, -0.15) is 0 Å². The van der Waals surface area contributed by atoms with Crippen LogP contribution >= 0.6 is 0 Å². The Morgan fingerprint density at radius 2 is 1.50 bits per heavy atom. The average Bonchev–Trinajstić information content (AvgIpc) is 2.42. The fourth-order valence-corrected chi connectivity index (χ4v) is 1.28. The van der Waals surface area contributed by atoms with Gasteiger partial charge in [-0.1, -0.05) is 13.2 Å². The molecule has 0 amide bonds. The highest BCUT2D eigenvalue weighted by atomic mass is 16.8. The van der Waals surface area contributed by atoms with Gasteiger partial charge in [-0.15, -0.1) is 0 Å². The molecule has 0 saturated heterocycles. The number of carbonyl (C=O) groups is 2. The van der Waals surface area contributed by atoms with Crippen LogP contribution in [0.1, 0.15) is 0 Å². The predicted octanol–water partition coefficient (Wildman–Crippen LogP) is -2.67. The fraction of sp³-hybridized carbons (Fsp3) is 0.182. The molecule has 0 saturated carbocycles. The number of aliphatic hydroxyl groups is 1. The lowest BCUT2D eigenvalue weighted by Gasteiger charge is -2.25. The van der Waals surface area contributed by atoms with Crippen molar-refractivity contribution in [1.82, 2.24) is 14.5 Å². The van der Waals surface area contributed by atoms with Gasteiger partial charge in [-0.25, -0.2) is 28.5 Å². The van der Waals surface area contributed by atoms with E-state index >= 15 is 0 Å². The fourth-order valence-electron chi connectivity index (χ4n) is 1.28. The average molecular weight is 313 g/mol. The molecule has 11 heteroatoms. The number of esters is 2. The molecule has 0 unspecified atom stereocenters. The molecule has 0 spiro atoms. The SMILES string of the molecule is C=CC(=O)OC(O)(Cn1c(=O)[nH]c(=O)[nH]c1=O)OC(=O)C=C. The van der Waals surface area contributed by atoms with E-state index in [-0.39, 0.29) is 4.57 Å². The van der Waals surface area contributed by atoms with E-state index in [0.29, 0.717) is 12.2 Å². The lowest BCUT2D eigenvalue weighted by Crippen LogP contribution is -2.51. The molecule has 0 aromatic carbocycles. The molecular weight excluding hydrogens is 302 g/mol. The summed E-state index contributed by atoms with van der Waals surface area (Å²) in [5.74, 6) is -5.40. The van der Waals surface area contributed by atoms with Crippen LogP contribution in [0.5, 0.6) is 0 Å². The molecule has 0 bridgehead atoms. The smallest absolute Gasteiger partial charge is 0.393 e. The summed E-state index contributed by atoms with van der Waals surface area (Å²) in [5, 5.41) is 10.00. The zero-order chi connectivity index (χ0) is 16.9. The number of carbonyl (C=O) groups excluding carboxylic acids is 2. The second-order valence-corrected chi connectivity index (χ2v) is 3.74. The summed E-state index contributed by atoms with van der Waals surface area (Å²) in [5.41, 5.74) is -3.53. The largest absolute Gasteiger partial charge is 0.393 e. The Bertz CT molecular complexity index is 727. The van der Waals surface area contributed by atoms with Crippen LogP contribution in [-0.4, -0.2) is 37.6 Å². The van der Waals surface area contributed by atoms with Gasteiger partial charge in [0.25, 0.3) is 0 Å². The van der Waals surface area contributed by atoms with E-state index in [9.17, 15) is 29.1 Å². The molecule has 1 aromatic heterocycles. The molecule has 0 fully saturated rings. The number of ether oxygens (including phenoxy) is 2. The number of aromatic amines is 2. The van der Waals surface area contributed by atoms with Crippen LogP contribution < -0.4 is 17.1 Å². The van der Waals surface area contributed by atoms with E-state index in [1.165, 1.54) is 0 Å². The minimum Gasteiger partial charge on any atom is -0.393 e. The Labute approximate surface area is 121 Å². The van der Waals surface area contributed by atoms with Crippen molar-refractivity contribution in [3.8, 4) is 0 Å². The quantitative estimate of drug-likeness (QED) is 0.291. The third-order valence-electron chi connectivity index (χ3n) is 2.14. The lowest BCUT2D eigenvalue weighted by atomic mass is 10.5. The second kappa shape index (κ2) is 6.49. The molecular formula is C11H11N3O8. The van der Waals surface area contributed by atoms with Crippen molar-refractivity contribution in [1.29, 1.82) is 0 Å². The summed E-state index contributed by atoms with van der Waals surface area (Å²) in [6.45, 7) is 5.04. The number of aromatic nitrogens is 3. The highest BCUT2D eigenvalue weighted by molar-refractivity contribution is 5.83. The van der Waals surface area contributed by atoms with Gasteiger partial charge in [0, 0.05) is 12.2 Å². The van der Waals surface area contributed by atoms with Gasteiger partial charge in [0.05, 0.1) is 0 Å². The van der Waals surface area contributed by atoms with Gasteiger partial charge < -0.3 is 14.6 Å². The molecule has 0 aliphatic rings. The summed E-state index contributed by atoms with van der Waals surface area (Å²) < 4.78 is 9.06. The van der Waals surface area contributed by atoms with E-state index in [4.69, 9.17) is 0 Å². The number of rotatable bonds is 6. The maximum absolute atomic E-state index is 11.5. The molecule has 1 heterocycles. The van der Waals surface area contributed by atoms with Gasteiger partial charge in [0.15, 0.2) is 0 Å². The van der Waals surface area contributed by atoms with Gasteiger partial charge in [0.1, 0.15) is 6.54 Å². The van der Waals surface area contributed by atoms with Crippen LogP contribution in [0.25, 0.3) is 0 Å². The molecule has 118 valence electrons. The normalized spacial score (nSPS) is 10.6. The molecule has 1 rings (SSSR count). The van der Waals surface area contributed by atoms with Crippen LogP contribution in [-0.2, 0) is 25.6 Å². The van der Waals surface area contributed by atoms with Crippen LogP contribution in [0.3, 0.4) is 0 Å². The number of H-pyrrole nitrogens is 2. The summed E-state index contributed by atoms with van der Waals surface area (Å²) in [4.78, 5) is 59.6. The van der Waals surface area contributed by atoms with Crippen molar-refractivity contribution < 1.29 is 24.2 Å². The monoisotopic (exact) mass is 313 g/mol. The number of hydrogen-bond acceptors (Lipinski definition) is 8. The number of nitrogens with zero attached hydrogens (tertiary/aromatic N) is 1. The molecule has 0 radical (unpaired) electrons. The number of hydrogen-bond donors (Lipinski definition) is 3. The topological polar surface area (TPSA) is 161 Å². The highest BCUT2D eigenvalue weighted by Gasteiger charge is 2.37. The van der Waals surface area contributed by atoms with Crippen LogP contribution in [0, 0.1) is 0 Å². The van der Waals surface area contributed by atoms with Gasteiger partial charge in [0.2, 0.25) is 0 Å². The first kappa shape index (κ1) is 16.8. The third-order valence-corrected chi connectivity index (χ3v) is 2.14. The number of nitrogens with one attached hydrogen (secondary N) is 2. The molecule has 0 atom stereocenters. The van der Waals surface area contributed by atoms with Crippen molar-refractivity contribution in [2.75, 3.05) is 0 Å². The maximum atomic E-state index is 11.5. The Balaban J connectivity index is 3.26. The standard InChI is InChI=1S/C11H11N3O8/c1-3-6(15)21-11(20,22-7(16)4-2)5-14-9(18)12-8(17)13-10(14)19/h3-4,20H,1-2,5H2,(H2,12,13,17,18,19). The highest BCUT2D eigenvalue weighted by Crippen LogP contribution is 2.12. The van der Waals surface area contributed by atoms with E-state index in [1.54, 1.807) is 9.97 Å². The van der Waals surface area contributed by atoms with E-state index in [1.807, 2.05) is 0 Å². The predicted molar refractivity (Wildman–Crippen MR) is 69.5 cm³/mol. The minimum absolute atomic E-state index is 0.244. The Morgan fingerprint density at radius 3 is 1.86 bits per heavy atom. The van der Waals surface area contributed by atoms with Crippen LogP contribution in [0.2, 0.25) is 0 Å². The van der Waals surface area contributed by atoms with Crippen molar-refractivity contribution in [2.45, 2.75) is 12.5 Å². The van der Waals surface area contributed by atoms with Crippen molar-refractivity contribution in [3.05, 3.63) is 56.8 Å². The molecule has 22 heavy (non-hydrogen) atoms. The summed E-state index contributed by atoms with van der Waals surface area (Å²) in [7, 11) is 0. The summed E-state index contributed by atoms with van der Waals surface area (Å²) in [6.07, 6.45) is 1.29. The van der Waals surface area contributed by atoms with Gasteiger partial charge in [-0.3, -0.25) is 9.97 Å². The Kier molecular flexibility index (Phi) is 4.97. The molecule has 3 N–H and O–H groups in total. The van der Waals surface area contributed by atoms with Gasteiger partial charge in [-0.05, 0) is 0 Å². The van der Waals surface area contributed by atoms with E-state index in [2.05, 4.69) is 22.6 Å². The Morgan fingerprint density at radius 1 is 1.09 bits per heavy atom. The first-order valence-corrected chi connectivity index (χ1v) is 5.57. The molecule has 0 aliphatic carbocycles. The van der Waals surface area contributed by atoms with Crippen molar-refractivity contribution in [3.63, 3.8) is 0 Å². The first-order chi connectivity index (χ1) is 10.2. The zero-order valence-electron chi connectivity index (χ0n) is 11.0. The molecule has 1 aromatic rings.